The lowest BCUT2D eigenvalue weighted by molar-refractivity contribution is -0.134. The maximum absolute atomic E-state index is 13.2. The van der Waals surface area contributed by atoms with Crippen LogP contribution in [0.25, 0.3) is 0 Å². The lowest BCUT2D eigenvalue weighted by Gasteiger charge is -2.25. The van der Waals surface area contributed by atoms with Gasteiger partial charge in [0.15, 0.2) is 5.96 Å². The largest absolute Gasteiger partial charge is 0.394 e. The Morgan fingerprint density at radius 3 is 1.95 bits per heavy atom. The van der Waals surface area contributed by atoms with Crippen LogP contribution < -0.4 is 44.6 Å². The Morgan fingerprint density at radius 2 is 1.41 bits per heavy atom. The first kappa shape index (κ1) is 30.8. The molecule has 0 unspecified atom stereocenters. The quantitative estimate of drug-likeness (QED) is 0.0574. The van der Waals surface area contributed by atoms with Crippen LogP contribution in [0.1, 0.15) is 24.8 Å². The van der Waals surface area contributed by atoms with E-state index >= 15 is 0 Å². The number of nitrogens with two attached hydrogens (primary N) is 5. The maximum atomic E-state index is 13.2. The van der Waals surface area contributed by atoms with Crippen molar-refractivity contribution in [3.8, 4) is 0 Å². The fourth-order valence-electron chi connectivity index (χ4n) is 3.16. The van der Waals surface area contributed by atoms with Crippen molar-refractivity contribution in [1.82, 2.24) is 16.0 Å². The van der Waals surface area contributed by atoms with Gasteiger partial charge in [0.1, 0.15) is 24.2 Å². The number of benzene rings is 1. The van der Waals surface area contributed by atoms with E-state index in [9.17, 15) is 29.1 Å². The first-order chi connectivity index (χ1) is 17.4. The number of carbonyl (C=O) groups is 5. The number of aliphatic imine (C=N–C) groups is 1. The highest BCUT2D eigenvalue weighted by atomic mass is 16.3. The van der Waals surface area contributed by atoms with Crippen LogP contribution in [-0.2, 0) is 30.4 Å². The van der Waals surface area contributed by atoms with Crippen LogP contribution in [0.2, 0.25) is 0 Å². The first-order valence-electron chi connectivity index (χ1n) is 11.4. The second-order valence-corrected chi connectivity index (χ2v) is 8.18. The number of rotatable bonds is 16. The molecule has 0 aliphatic heterocycles. The second kappa shape index (κ2) is 15.7. The Balaban J connectivity index is 3.13. The van der Waals surface area contributed by atoms with E-state index in [0.29, 0.717) is 5.56 Å². The monoisotopic (exact) mass is 521 g/mol. The van der Waals surface area contributed by atoms with Crippen LogP contribution in [0, 0.1) is 0 Å². The van der Waals surface area contributed by atoms with Crippen molar-refractivity contribution in [3.05, 3.63) is 35.9 Å². The van der Waals surface area contributed by atoms with Gasteiger partial charge in [-0.3, -0.25) is 29.0 Å². The minimum Gasteiger partial charge on any atom is -0.394 e. The van der Waals surface area contributed by atoms with Crippen molar-refractivity contribution < 1.29 is 29.1 Å². The molecule has 0 saturated carbocycles. The summed E-state index contributed by atoms with van der Waals surface area (Å²) < 4.78 is 0. The van der Waals surface area contributed by atoms with Gasteiger partial charge >= 0.3 is 0 Å². The lowest BCUT2D eigenvalue weighted by atomic mass is 10.0. The van der Waals surface area contributed by atoms with Gasteiger partial charge in [-0.25, -0.2) is 0 Å². The van der Waals surface area contributed by atoms with E-state index in [1.54, 1.807) is 30.3 Å². The number of primary amides is 2. The van der Waals surface area contributed by atoms with Gasteiger partial charge < -0.3 is 49.7 Å². The fourth-order valence-corrected chi connectivity index (χ4v) is 3.16. The summed E-state index contributed by atoms with van der Waals surface area (Å²) in [6.07, 6.45) is -0.219. The third kappa shape index (κ3) is 11.8. The highest BCUT2D eigenvalue weighted by Gasteiger charge is 2.30. The first-order valence-corrected chi connectivity index (χ1v) is 11.4. The summed E-state index contributed by atoms with van der Waals surface area (Å²) in [6.45, 7) is -0.506. The topological polar surface area (TPSA) is 284 Å². The molecule has 0 radical (unpaired) electrons. The Kier molecular flexibility index (Phi) is 13.1. The Morgan fingerprint density at radius 1 is 0.838 bits per heavy atom. The van der Waals surface area contributed by atoms with E-state index in [-0.39, 0.29) is 31.8 Å². The number of aliphatic hydroxyl groups excluding tert-OH is 1. The third-order valence-electron chi connectivity index (χ3n) is 5.09. The molecule has 4 atom stereocenters. The summed E-state index contributed by atoms with van der Waals surface area (Å²) >= 11 is 0. The van der Waals surface area contributed by atoms with Crippen LogP contribution in [0.4, 0.5) is 0 Å². The summed E-state index contributed by atoms with van der Waals surface area (Å²) in [6, 6.07) is 3.67. The predicted molar refractivity (Wildman–Crippen MR) is 134 cm³/mol. The molecule has 0 aliphatic carbocycles. The van der Waals surface area contributed by atoms with Crippen molar-refractivity contribution >= 4 is 35.5 Å². The minimum atomic E-state index is -1.40. The van der Waals surface area contributed by atoms with E-state index in [1.165, 1.54) is 0 Å². The summed E-state index contributed by atoms with van der Waals surface area (Å²) in [5.74, 6) is -4.36. The van der Waals surface area contributed by atoms with E-state index < -0.39 is 66.7 Å². The zero-order chi connectivity index (χ0) is 28.0. The van der Waals surface area contributed by atoms with Gasteiger partial charge in [-0.05, 0) is 18.4 Å². The van der Waals surface area contributed by atoms with Crippen LogP contribution in [0.5, 0.6) is 0 Å². The number of nitrogens with one attached hydrogen (secondary N) is 3. The van der Waals surface area contributed by atoms with E-state index in [2.05, 4.69) is 20.9 Å². The van der Waals surface area contributed by atoms with Gasteiger partial charge in [0.05, 0.1) is 13.0 Å². The zero-order valence-corrected chi connectivity index (χ0v) is 20.3. The molecule has 0 saturated heterocycles. The van der Waals surface area contributed by atoms with E-state index in [4.69, 9.17) is 28.7 Å². The summed E-state index contributed by atoms with van der Waals surface area (Å²) in [7, 11) is 0. The number of carbonyl (C=O) groups excluding carboxylic acids is 5. The number of hydrogen-bond donors (Lipinski definition) is 9. The van der Waals surface area contributed by atoms with Crippen LogP contribution in [0.3, 0.4) is 0 Å². The molecule has 1 rings (SSSR count). The van der Waals surface area contributed by atoms with Gasteiger partial charge in [0.2, 0.25) is 29.5 Å². The molecule has 0 aromatic heterocycles. The number of hydrogen-bond acceptors (Lipinski definition) is 8. The SMILES string of the molecule is NC(=O)C[C@H](NC(=O)[C@H](CCCN=C(N)N)NC(=O)[C@H](Cc1ccccc1)NC(=O)[C@@H](N)CO)C(N)=O. The highest BCUT2D eigenvalue weighted by Crippen LogP contribution is 2.07. The van der Waals surface area contributed by atoms with Crippen molar-refractivity contribution in [2.75, 3.05) is 13.2 Å². The molecule has 1 aromatic carbocycles. The molecule has 5 amide bonds. The summed E-state index contributed by atoms with van der Waals surface area (Å²) in [4.78, 5) is 65.2. The minimum absolute atomic E-state index is 0.0264. The molecule has 15 nitrogen and oxygen atoms in total. The van der Waals surface area contributed by atoms with Gasteiger partial charge in [-0.1, -0.05) is 30.3 Å². The molecular weight excluding hydrogens is 486 g/mol. The van der Waals surface area contributed by atoms with Crippen molar-refractivity contribution in [2.45, 2.75) is 49.9 Å². The average Bonchev–Trinajstić information content (AvgIpc) is 2.84. The number of aliphatic hydroxyl groups is 1. The molecule has 37 heavy (non-hydrogen) atoms. The summed E-state index contributed by atoms with van der Waals surface area (Å²) in [5, 5.41) is 16.5. The Labute approximate surface area is 213 Å². The van der Waals surface area contributed by atoms with Crippen LogP contribution >= 0.6 is 0 Å². The van der Waals surface area contributed by atoms with Crippen molar-refractivity contribution in [3.63, 3.8) is 0 Å². The molecule has 15 heteroatoms. The average molecular weight is 522 g/mol. The molecule has 0 fully saturated rings. The third-order valence-corrected chi connectivity index (χ3v) is 5.09. The smallest absolute Gasteiger partial charge is 0.243 e. The standard InChI is InChI=1S/C22H35N9O6/c23-13(11-32)19(35)31-16(9-12-5-2-1-3-6-12)21(37)29-14(7-4-8-28-22(26)27)20(36)30-15(18(25)34)10-17(24)33/h1-3,5-6,13-16,32H,4,7-11,23H2,(H2,24,33)(H2,25,34)(H,29,37)(H,30,36)(H,31,35)(H4,26,27,28)/t13-,14-,15-,16-/m0/s1. The van der Waals surface area contributed by atoms with Gasteiger partial charge in [-0.15, -0.1) is 0 Å². The van der Waals surface area contributed by atoms with Crippen molar-refractivity contribution in [1.29, 1.82) is 0 Å². The zero-order valence-electron chi connectivity index (χ0n) is 20.3. The summed E-state index contributed by atoms with van der Waals surface area (Å²) in [5.41, 5.74) is 27.2. The van der Waals surface area contributed by atoms with E-state index in [0.717, 1.165) is 0 Å². The Hall–Kier alpha value is -4.24. The molecule has 0 aliphatic rings. The van der Waals surface area contributed by atoms with Crippen molar-refractivity contribution in [2.24, 2.45) is 33.7 Å². The van der Waals surface area contributed by atoms with Gasteiger partial charge in [0.25, 0.3) is 0 Å². The van der Waals surface area contributed by atoms with E-state index in [1.807, 2.05) is 0 Å². The van der Waals surface area contributed by atoms with Crippen LogP contribution in [0.15, 0.2) is 35.3 Å². The molecule has 1 aromatic rings. The normalized spacial score (nSPS) is 13.8. The molecule has 0 spiro atoms. The lowest BCUT2D eigenvalue weighted by Crippen LogP contribution is -2.58. The van der Waals surface area contributed by atoms with Gasteiger partial charge in [-0.2, -0.15) is 0 Å². The second-order valence-electron chi connectivity index (χ2n) is 8.18. The number of amides is 5. The number of nitrogens with zero attached hydrogens (tertiary/aromatic N) is 1. The Bertz CT molecular complexity index is 969. The molecule has 14 N–H and O–H groups in total. The predicted octanol–water partition coefficient (Wildman–Crippen LogP) is -4.58. The molecular formula is C22H35N9O6. The fraction of sp³-hybridized carbons (Fsp3) is 0.455. The molecule has 0 bridgehead atoms. The number of guanidine groups is 1. The highest BCUT2D eigenvalue weighted by molar-refractivity contribution is 5.95. The van der Waals surface area contributed by atoms with Gasteiger partial charge in [0, 0.05) is 13.0 Å². The molecule has 204 valence electrons. The molecule has 0 heterocycles. The maximum Gasteiger partial charge on any atom is 0.243 e. The van der Waals surface area contributed by atoms with Crippen LogP contribution in [-0.4, -0.2) is 77.9 Å².